The van der Waals surface area contributed by atoms with Crippen LogP contribution in [-0.4, -0.2) is 67.0 Å². The van der Waals surface area contributed by atoms with Gasteiger partial charge in [0.1, 0.15) is 6.04 Å². The largest absolute Gasteiger partial charge is 0.381 e. The van der Waals surface area contributed by atoms with E-state index in [1.54, 1.807) is 0 Å². The molecule has 2 fully saturated rings. The predicted molar refractivity (Wildman–Crippen MR) is 94.8 cm³/mol. The van der Waals surface area contributed by atoms with Crippen molar-refractivity contribution in [3.63, 3.8) is 0 Å². The van der Waals surface area contributed by atoms with E-state index in [9.17, 15) is 9.59 Å². The summed E-state index contributed by atoms with van der Waals surface area (Å²) in [5.74, 6) is -0.173. The summed E-state index contributed by atoms with van der Waals surface area (Å²) in [5.41, 5.74) is 6.87. The van der Waals surface area contributed by atoms with Gasteiger partial charge in [-0.25, -0.2) is 0 Å². The molecule has 3 rings (SSSR count). The van der Waals surface area contributed by atoms with Gasteiger partial charge in [-0.05, 0) is 24.8 Å². The molecule has 6 nitrogen and oxygen atoms in total. The first kappa shape index (κ1) is 17.9. The average molecular weight is 345 g/mol. The number of piperazine rings is 1. The van der Waals surface area contributed by atoms with Crippen LogP contribution < -0.4 is 5.73 Å². The maximum Gasteiger partial charge on any atom is 0.236 e. The van der Waals surface area contributed by atoms with Gasteiger partial charge in [0.2, 0.25) is 11.8 Å². The van der Waals surface area contributed by atoms with E-state index in [1.807, 2.05) is 23.1 Å². The molecular weight excluding hydrogens is 318 g/mol. The molecule has 0 saturated carbocycles. The van der Waals surface area contributed by atoms with Crippen LogP contribution in [0, 0.1) is 5.92 Å². The van der Waals surface area contributed by atoms with E-state index >= 15 is 0 Å². The Morgan fingerprint density at radius 3 is 2.52 bits per heavy atom. The van der Waals surface area contributed by atoms with Crippen molar-refractivity contribution < 1.29 is 14.3 Å². The molecule has 1 aromatic carbocycles. The number of rotatable bonds is 5. The Bertz CT molecular complexity index is 587. The molecule has 0 aromatic heterocycles. The number of carbonyl (C=O) groups is 2. The molecule has 136 valence electrons. The van der Waals surface area contributed by atoms with Crippen molar-refractivity contribution in [2.24, 2.45) is 11.7 Å². The summed E-state index contributed by atoms with van der Waals surface area (Å²) < 4.78 is 5.33. The second-order valence-electron chi connectivity index (χ2n) is 6.86. The Labute approximate surface area is 148 Å². The standard InChI is InChI=1S/C19H27N3O3/c20-18(23)17-14-22(19(24)16-7-12-25-13-8-16)11-10-21(17)9-6-15-4-2-1-3-5-15/h1-5,16-17H,6-14H2,(H2,20,23)/t17-/m0/s1. The van der Waals surface area contributed by atoms with E-state index in [1.165, 1.54) is 5.56 Å². The number of hydrogen-bond donors (Lipinski definition) is 1. The fourth-order valence-electron chi connectivity index (χ4n) is 3.68. The van der Waals surface area contributed by atoms with Crippen molar-refractivity contribution in [1.29, 1.82) is 0 Å². The van der Waals surface area contributed by atoms with Crippen LogP contribution in [-0.2, 0) is 20.7 Å². The smallest absolute Gasteiger partial charge is 0.236 e. The molecule has 1 aromatic rings. The van der Waals surface area contributed by atoms with E-state index in [0.29, 0.717) is 32.8 Å². The van der Waals surface area contributed by atoms with Gasteiger partial charge < -0.3 is 15.4 Å². The lowest BCUT2D eigenvalue weighted by atomic mass is 9.97. The molecule has 0 unspecified atom stereocenters. The third-order valence-electron chi connectivity index (χ3n) is 5.23. The van der Waals surface area contributed by atoms with Crippen molar-refractivity contribution in [3.8, 4) is 0 Å². The number of hydrogen-bond acceptors (Lipinski definition) is 4. The number of ether oxygens (including phenoxy) is 1. The summed E-state index contributed by atoms with van der Waals surface area (Å²) in [5, 5.41) is 0. The Kier molecular flexibility index (Phi) is 6.04. The number of nitrogens with zero attached hydrogens (tertiary/aromatic N) is 2. The lowest BCUT2D eigenvalue weighted by molar-refractivity contribution is -0.143. The normalized spacial score (nSPS) is 22.7. The van der Waals surface area contributed by atoms with Gasteiger partial charge in [-0.3, -0.25) is 14.5 Å². The summed E-state index contributed by atoms with van der Waals surface area (Å²) >= 11 is 0. The van der Waals surface area contributed by atoms with Crippen LogP contribution in [0.5, 0.6) is 0 Å². The quantitative estimate of drug-likeness (QED) is 0.850. The molecule has 0 bridgehead atoms. The number of primary amides is 1. The van der Waals surface area contributed by atoms with Crippen LogP contribution in [0.3, 0.4) is 0 Å². The molecule has 25 heavy (non-hydrogen) atoms. The Balaban J connectivity index is 1.58. The number of benzene rings is 1. The fraction of sp³-hybridized carbons (Fsp3) is 0.579. The van der Waals surface area contributed by atoms with Crippen molar-refractivity contribution in [2.75, 3.05) is 39.4 Å². The van der Waals surface area contributed by atoms with Crippen LogP contribution in [0.15, 0.2) is 30.3 Å². The predicted octanol–water partition coefficient (Wildman–Crippen LogP) is 0.654. The fourth-order valence-corrected chi connectivity index (χ4v) is 3.68. The van der Waals surface area contributed by atoms with E-state index in [4.69, 9.17) is 10.5 Å². The molecule has 2 saturated heterocycles. The van der Waals surface area contributed by atoms with Gasteiger partial charge in [0.25, 0.3) is 0 Å². The zero-order valence-electron chi connectivity index (χ0n) is 14.6. The second-order valence-corrected chi connectivity index (χ2v) is 6.86. The van der Waals surface area contributed by atoms with Gasteiger partial charge in [0.15, 0.2) is 0 Å². The Morgan fingerprint density at radius 1 is 1.12 bits per heavy atom. The van der Waals surface area contributed by atoms with Crippen LogP contribution in [0.2, 0.25) is 0 Å². The Morgan fingerprint density at radius 2 is 1.84 bits per heavy atom. The van der Waals surface area contributed by atoms with Gasteiger partial charge >= 0.3 is 0 Å². The summed E-state index contributed by atoms with van der Waals surface area (Å²) in [6, 6.07) is 9.81. The third kappa shape index (κ3) is 4.58. The van der Waals surface area contributed by atoms with Crippen LogP contribution in [0.25, 0.3) is 0 Å². The van der Waals surface area contributed by atoms with E-state index in [-0.39, 0.29) is 17.7 Å². The van der Waals surface area contributed by atoms with E-state index in [0.717, 1.165) is 25.8 Å². The van der Waals surface area contributed by atoms with Gasteiger partial charge in [-0.15, -0.1) is 0 Å². The van der Waals surface area contributed by atoms with Crippen LogP contribution in [0.4, 0.5) is 0 Å². The molecule has 2 aliphatic rings. The number of carbonyl (C=O) groups excluding carboxylic acids is 2. The van der Waals surface area contributed by atoms with Crippen molar-refractivity contribution in [3.05, 3.63) is 35.9 Å². The molecule has 0 aliphatic carbocycles. The minimum absolute atomic E-state index is 0.0261. The van der Waals surface area contributed by atoms with Gasteiger partial charge in [0, 0.05) is 45.3 Å². The number of amides is 2. The highest BCUT2D eigenvalue weighted by molar-refractivity contribution is 5.83. The van der Waals surface area contributed by atoms with Crippen molar-refractivity contribution >= 4 is 11.8 Å². The lowest BCUT2D eigenvalue weighted by Gasteiger charge is -2.41. The molecular formula is C19H27N3O3. The molecule has 2 amide bonds. The molecule has 0 spiro atoms. The lowest BCUT2D eigenvalue weighted by Crippen LogP contribution is -2.60. The third-order valence-corrected chi connectivity index (χ3v) is 5.23. The van der Waals surface area contributed by atoms with Crippen molar-refractivity contribution in [1.82, 2.24) is 9.80 Å². The monoisotopic (exact) mass is 345 g/mol. The highest BCUT2D eigenvalue weighted by Crippen LogP contribution is 2.20. The van der Waals surface area contributed by atoms with Gasteiger partial charge in [0.05, 0.1) is 0 Å². The molecule has 2 heterocycles. The van der Waals surface area contributed by atoms with Gasteiger partial charge in [-0.1, -0.05) is 30.3 Å². The first-order valence-electron chi connectivity index (χ1n) is 9.09. The highest BCUT2D eigenvalue weighted by Gasteiger charge is 2.35. The molecule has 1 atom stereocenters. The molecule has 6 heteroatoms. The van der Waals surface area contributed by atoms with Gasteiger partial charge in [-0.2, -0.15) is 0 Å². The SMILES string of the molecule is NC(=O)[C@@H]1CN(C(=O)C2CCOCC2)CCN1CCc1ccccc1. The summed E-state index contributed by atoms with van der Waals surface area (Å²) in [7, 11) is 0. The summed E-state index contributed by atoms with van der Waals surface area (Å²) in [6.07, 6.45) is 2.42. The minimum atomic E-state index is -0.402. The molecule has 2 aliphatic heterocycles. The zero-order chi connectivity index (χ0) is 17.6. The summed E-state index contributed by atoms with van der Waals surface area (Å²) in [6.45, 7) is 3.82. The maximum absolute atomic E-state index is 12.7. The first-order valence-corrected chi connectivity index (χ1v) is 9.09. The molecule has 0 radical (unpaired) electrons. The topological polar surface area (TPSA) is 75.9 Å². The molecule has 2 N–H and O–H groups in total. The second kappa shape index (κ2) is 8.45. The average Bonchev–Trinajstić information content (AvgIpc) is 2.67. The minimum Gasteiger partial charge on any atom is -0.381 e. The van der Waals surface area contributed by atoms with E-state index < -0.39 is 6.04 Å². The van der Waals surface area contributed by atoms with Crippen LogP contribution >= 0.6 is 0 Å². The summed E-state index contributed by atoms with van der Waals surface area (Å²) in [4.78, 5) is 28.6. The van der Waals surface area contributed by atoms with Crippen molar-refractivity contribution in [2.45, 2.75) is 25.3 Å². The Hall–Kier alpha value is -1.92. The first-order chi connectivity index (χ1) is 12.1. The number of nitrogens with two attached hydrogens (primary N) is 1. The van der Waals surface area contributed by atoms with E-state index in [2.05, 4.69) is 17.0 Å². The highest BCUT2D eigenvalue weighted by atomic mass is 16.5. The maximum atomic E-state index is 12.7. The zero-order valence-corrected chi connectivity index (χ0v) is 14.6. The van der Waals surface area contributed by atoms with Crippen LogP contribution in [0.1, 0.15) is 18.4 Å².